The first-order chi connectivity index (χ1) is 9.08. The zero-order valence-corrected chi connectivity index (χ0v) is 13.1. The van der Waals surface area contributed by atoms with E-state index >= 15 is 0 Å². The van der Waals surface area contributed by atoms with Gasteiger partial charge in [-0.3, -0.25) is 0 Å². The molecule has 0 bridgehead atoms. The van der Waals surface area contributed by atoms with Crippen LogP contribution in [0.4, 0.5) is 0 Å². The van der Waals surface area contributed by atoms with Gasteiger partial charge in [0.2, 0.25) is 0 Å². The lowest BCUT2D eigenvalue weighted by Crippen LogP contribution is -2.47. The van der Waals surface area contributed by atoms with E-state index in [1.807, 2.05) is 0 Å². The second-order valence-corrected chi connectivity index (χ2v) is 5.99. The summed E-state index contributed by atoms with van der Waals surface area (Å²) in [6, 6.07) is 2.05. The van der Waals surface area contributed by atoms with Crippen molar-refractivity contribution in [1.82, 2.24) is 26.6 Å². The molecule has 0 aromatic heterocycles. The van der Waals surface area contributed by atoms with Gasteiger partial charge >= 0.3 is 0 Å². The van der Waals surface area contributed by atoms with Gasteiger partial charge in [-0.05, 0) is 27.7 Å². The fourth-order valence-electron chi connectivity index (χ4n) is 2.15. The number of hydrogen-bond donors (Lipinski definition) is 5. The Morgan fingerprint density at radius 1 is 0.526 bits per heavy atom. The topological polar surface area (TPSA) is 60.1 Å². The molecule has 0 unspecified atom stereocenters. The van der Waals surface area contributed by atoms with Crippen LogP contribution in [0.3, 0.4) is 0 Å². The summed E-state index contributed by atoms with van der Waals surface area (Å²) in [5.74, 6) is 0. The second-order valence-electron chi connectivity index (χ2n) is 5.99. The van der Waals surface area contributed by atoms with Crippen LogP contribution in [-0.4, -0.2) is 63.4 Å². The molecule has 1 fully saturated rings. The highest BCUT2D eigenvalue weighted by Gasteiger charge is 2.09. The normalized spacial score (nSPS) is 37.3. The molecule has 1 aliphatic rings. The van der Waals surface area contributed by atoms with E-state index < -0.39 is 0 Å². The minimum atomic E-state index is 0.507. The van der Waals surface area contributed by atoms with Crippen molar-refractivity contribution in [1.29, 1.82) is 0 Å². The molecule has 1 aliphatic heterocycles. The third kappa shape index (κ3) is 8.55. The maximum absolute atomic E-state index is 3.57. The summed E-state index contributed by atoms with van der Waals surface area (Å²) in [7, 11) is 0. The molecule has 1 rings (SSSR count). The van der Waals surface area contributed by atoms with Crippen molar-refractivity contribution in [3.63, 3.8) is 0 Å². The molecule has 5 heteroatoms. The molecule has 0 amide bonds. The SMILES string of the molecule is C[C@@H]1CNCCN[C@@H](C)CN[C@H](C)CN[C@@H](C)CN1. The van der Waals surface area contributed by atoms with E-state index in [4.69, 9.17) is 0 Å². The van der Waals surface area contributed by atoms with Crippen LogP contribution < -0.4 is 26.6 Å². The molecular formula is C14H33N5. The van der Waals surface area contributed by atoms with Crippen molar-refractivity contribution in [2.24, 2.45) is 0 Å². The lowest BCUT2D eigenvalue weighted by atomic mass is 10.2. The van der Waals surface area contributed by atoms with Crippen molar-refractivity contribution >= 4 is 0 Å². The van der Waals surface area contributed by atoms with E-state index in [0.29, 0.717) is 24.2 Å². The van der Waals surface area contributed by atoms with E-state index in [1.165, 1.54) is 0 Å². The number of nitrogens with one attached hydrogen (secondary N) is 5. The van der Waals surface area contributed by atoms with Crippen molar-refractivity contribution in [2.75, 3.05) is 39.3 Å². The maximum Gasteiger partial charge on any atom is 0.0164 e. The van der Waals surface area contributed by atoms with Crippen LogP contribution in [0.15, 0.2) is 0 Å². The molecule has 0 aromatic carbocycles. The molecule has 114 valence electrons. The quantitative estimate of drug-likeness (QED) is 0.411. The molecule has 0 aliphatic carbocycles. The van der Waals surface area contributed by atoms with Crippen LogP contribution >= 0.6 is 0 Å². The molecule has 0 aromatic rings. The van der Waals surface area contributed by atoms with Gasteiger partial charge in [0.1, 0.15) is 0 Å². The molecule has 5 nitrogen and oxygen atoms in total. The minimum absolute atomic E-state index is 0.507. The highest BCUT2D eigenvalue weighted by atomic mass is 15.1. The molecule has 0 radical (unpaired) electrons. The van der Waals surface area contributed by atoms with Crippen LogP contribution in [0.5, 0.6) is 0 Å². The summed E-state index contributed by atoms with van der Waals surface area (Å²) in [6.45, 7) is 15.1. The fraction of sp³-hybridized carbons (Fsp3) is 1.00. The van der Waals surface area contributed by atoms with Gasteiger partial charge in [-0.15, -0.1) is 0 Å². The predicted molar refractivity (Wildman–Crippen MR) is 82.7 cm³/mol. The molecule has 1 heterocycles. The van der Waals surface area contributed by atoms with Crippen molar-refractivity contribution in [3.05, 3.63) is 0 Å². The largest absolute Gasteiger partial charge is 0.314 e. The smallest absolute Gasteiger partial charge is 0.0164 e. The summed E-state index contributed by atoms with van der Waals surface area (Å²) < 4.78 is 0. The molecule has 19 heavy (non-hydrogen) atoms. The highest BCUT2D eigenvalue weighted by molar-refractivity contribution is 4.75. The van der Waals surface area contributed by atoms with Crippen LogP contribution in [0.2, 0.25) is 0 Å². The molecule has 1 saturated heterocycles. The Labute approximate surface area is 118 Å². The Kier molecular flexibility index (Phi) is 8.57. The maximum atomic E-state index is 3.57. The van der Waals surface area contributed by atoms with Gasteiger partial charge in [-0.2, -0.15) is 0 Å². The summed E-state index contributed by atoms with van der Waals surface area (Å²) in [5.41, 5.74) is 0. The molecule has 4 atom stereocenters. The Balaban J connectivity index is 2.37. The molecule has 5 N–H and O–H groups in total. The van der Waals surface area contributed by atoms with Gasteiger partial charge in [-0.25, -0.2) is 0 Å². The van der Waals surface area contributed by atoms with E-state index in [9.17, 15) is 0 Å². The Morgan fingerprint density at radius 2 is 0.947 bits per heavy atom. The lowest BCUT2D eigenvalue weighted by Gasteiger charge is -2.22. The van der Waals surface area contributed by atoms with Gasteiger partial charge in [0.25, 0.3) is 0 Å². The van der Waals surface area contributed by atoms with Gasteiger partial charge in [0, 0.05) is 63.4 Å². The average Bonchev–Trinajstić information content (AvgIpc) is 2.39. The van der Waals surface area contributed by atoms with E-state index in [-0.39, 0.29) is 0 Å². The summed E-state index contributed by atoms with van der Waals surface area (Å²) in [5, 5.41) is 17.7. The third-order valence-corrected chi connectivity index (χ3v) is 3.56. The van der Waals surface area contributed by atoms with Gasteiger partial charge < -0.3 is 26.6 Å². The monoisotopic (exact) mass is 271 g/mol. The number of rotatable bonds is 0. The van der Waals surface area contributed by atoms with E-state index in [0.717, 1.165) is 39.3 Å². The standard InChI is InChI=1S/C14H33N5/c1-11-7-15-5-6-16-12(2)8-18-14(4)10-19-13(3)9-17-11/h11-19H,5-10H2,1-4H3/t11-,12+,13+,14-/m1/s1. The van der Waals surface area contributed by atoms with Gasteiger partial charge in [-0.1, -0.05) is 0 Å². The van der Waals surface area contributed by atoms with Crippen molar-refractivity contribution < 1.29 is 0 Å². The Bertz CT molecular complexity index is 202. The summed E-state index contributed by atoms with van der Waals surface area (Å²) in [4.78, 5) is 0. The van der Waals surface area contributed by atoms with E-state index in [2.05, 4.69) is 54.3 Å². The summed E-state index contributed by atoms with van der Waals surface area (Å²) >= 11 is 0. The molecular weight excluding hydrogens is 238 g/mol. The van der Waals surface area contributed by atoms with Gasteiger partial charge in [0.15, 0.2) is 0 Å². The Hall–Kier alpha value is -0.200. The third-order valence-electron chi connectivity index (χ3n) is 3.56. The van der Waals surface area contributed by atoms with Crippen LogP contribution in [0.1, 0.15) is 27.7 Å². The molecule has 0 saturated carbocycles. The van der Waals surface area contributed by atoms with Crippen LogP contribution in [0.25, 0.3) is 0 Å². The van der Waals surface area contributed by atoms with Crippen molar-refractivity contribution in [2.45, 2.75) is 51.9 Å². The first kappa shape index (κ1) is 16.9. The Morgan fingerprint density at radius 3 is 1.47 bits per heavy atom. The van der Waals surface area contributed by atoms with Gasteiger partial charge in [0.05, 0.1) is 0 Å². The zero-order valence-electron chi connectivity index (χ0n) is 13.1. The second kappa shape index (κ2) is 9.66. The summed E-state index contributed by atoms with van der Waals surface area (Å²) in [6.07, 6.45) is 0. The predicted octanol–water partition coefficient (Wildman–Crippen LogP) is -0.498. The molecule has 0 spiro atoms. The highest BCUT2D eigenvalue weighted by Crippen LogP contribution is 1.88. The first-order valence-corrected chi connectivity index (χ1v) is 7.72. The zero-order chi connectivity index (χ0) is 14.1. The first-order valence-electron chi connectivity index (χ1n) is 7.72. The lowest BCUT2D eigenvalue weighted by molar-refractivity contribution is 0.416. The fourth-order valence-corrected chi connectivity index (χ4v) is 2.15. The van der Waals surface area contributed by atoms with Crippen molar-refractivity contribution in [3.8, 4) is 0 Å². The van der Waals surface area contributed by atoms with Crippen LogP contribution in [-0.2, 0) is 0 Å². The number of hydrogen-bond acceptors (Lipinski definition) is 5. The minimum Gasteiger partial charge on any atom is -0.314 e. The van der Waals surface area contributed by atoms with E-state index in [1.54, 1.807) is 0 Å². The average molecular weight is 271 g/mol. The van der Waals surface area contributed by atoms with Crippen LogP contribution in [0, 0.1) is 0 Å².